The summed E-state index contributed by atoms with van der Waals surface area (Å²) < 4.78 is 5.24. The van der Waals surface area contributed by atoms with Crippen LogP contribution in [0.1, 0.15) is 12.0 Å². The van der Waals surface area contributed by atoms with Gasteiger partial charge in [-0.25, -0.2) is 4.79 Å². The Morgan fingerprint density at radius 2 is 1.57 bits per heavy atom. The van der Waals surface area contributed by atoms with Crippen LogP contribution >= 0.6 is 0 Å². The van der Waals surface area contributed by atoms with Gasteiger partial charge >= 0.3 is 5.97 Å². The summed E-state index contributed by atoms with van der Waals surface area (Å²) in [5.41, 5.74) is 1.01. The maximum absolute atomic E-state index is 12.1. The van der Waals surface area contributed by atoms with Crippen LogP contribution in [-0.4, -0.2) is 11.9 Å². The van der Waals surface area contributed by atoms with Gasteiger partial charge in [-0.1, -0.05) is 60.7 Å². The summed E-state index contributed by atoms with van der Waals surface area (Å²) in [5, 5.41) is 1.93. The van der Waals surface area contributed by atoms with Gasteiger partial charge in [0.15, 0.2) is 0 Å². The van der Waals surface area contributed by atoms with Crippen molar-refractivity contribution in [2.75, 3.05) is 0 Å². The van der Waals surface area contributed by atoms with Gasteiger partial charge in [-0.05, 0) is 28.5 Å². The summed E-state index contributed by atoms with van der Waals surface area (Å²) in [5.74, 6) is 1.87. The maximum atomic E-state index is 12.1. The number of ether oxygens (including phenoxy) is 1. The summed E-state index contributed by atoms with van der Waals surface area (Å²) in [6.45, 7) is 0. The summed E-state index contributed by atoms with van der Waals surface area (Å²) in [6, 6.07) is 22.1. The van der Waals surface area contributed by atoms with Gasteiger partial charge in [0.05, 0.1) is 12.0 Å². The number of para-hydroxylation sites is 1. The molecule has 0 fully saturated rings. The van der Waals surface area contributed by atoms with E-state index in [0.717, 1.165) is 10.8 Å². The maximum Gasteiger partial charge on any atom is 0.316 e. The van der Waals surface area contributed by atoms with Crippen LogP contribution in [0.5, 0.6) is 5.75 Å². The molecule has 3 aromatic rings. The Morgan fingerprint density at radius 3 is 2.35 bits per heavy atom. The first-order chi connectivity index (χ1) is 11.3. The van der Waals surface area contributed by atoms with Crippen LogP contribution in [0.2, 0.25) is 0 Å². The first kappa shape index (κ1) is 14.8. The van der Waals surface area contributed by atoms with Crippen molar-refractivity contribution in [3.05, 3.63) is 78.4 Å². The van der Waals surface area contributed by atoms with Crippen LogP contribution in [0.4, 0.5) is 0 Å². The van der Waals surface area contributed by atoms with E-state index in [4.69, 9.17) is 4.74 Å². The van der Waals surface area contributed by atoms with Crippen molar-refractivity contribution in [2.24, 2.45) is 0 Å². The molecule has 0 radical (unpaired) electrons. The molecule has 0 unspecified atom stereocenters. The lowest BCUT2D eigenvalue weighted by atomic mass is 9.97. The minimum Gasteiger partial charge on any atom is -0.426 e. The van der Waals surface area contributed by atoms with Crippen molar-refractivity contribution >= 4 is 28.3 Å². The fourth-order valence-electron chi connectivity index (χ4n) is 2.48. The van der Waals surface area contributed by atoms with E-state index in [0.29, 0.717) is 16.9 Å². The van der Waals surface area contributed by atoms with Crippen LogP contribution in [-0.2, 0) is 9.59 Å². The molecule has 0 saturated heterocycles. The molecule has 0 spiro atoms. The van der Waals surface area contributed by atoms with Gasteiger partial charge in [0, 0.05) is 0 Å². The standard InChI is InChI=1S/C20H14O3/c21-14-16(13-20(22)23-17-9-2-1-3-10-17)19-12-6-8-15-7-4-5-11-18(15)19/h1-12H,13H2. The first-order valence-electron chi connectivity index (χ1n) is 7.26. The molecule has 3 heteroatoms. The lowest BCUT2D eigenvalue weighted by molar-refractivity contribution is -0.133. The van der Waals surface area contributed by atoms with Crippen LogP contribution in [0.3, 0.4) is 0 Å². The lowest BCUT2D eigenvalue weighted by Crippen LogP contribution is -2.09. The zero-order valence-electron chi connectivity index (χ0n) is 12.4. The van der Waals surface area contributed by atoms with E-state index in [1.807, 2.05) is 54.5 Å². The van der Waals surface area contributed by atoms with Crippen molar-refractivity contribution in [1.82, 2.24) is 0 Å². The van der Waals surface area contributed by atoms with Crippen molar-refractivity contribution in [3.63, 3.8) is 0 Å². The SMILES string of the molecule is O=C=C(CC(=O)Oc1ccccc1)c1cccc2ccccc12. The largest absolute Gasteiger partial charge is 0.426 e. The van der Waals surface area contributed by atoms with Crippen LogP contribution in [0.25, 0.3) is 16.3 Å². The van der Waals surface area contributed by atoms with E-state index in [2.05, 4.69) is 0 Å². The van der Waals surface area contributed by atoms with Gasteiger partial charge < -0.3 is 4.74 Å². The highest BCUT2D eigenvalue weighted by atomic mass is 16.5. The highest BCUT2D eigenvalue weighted by Gasteiger charge is 2.14. The normalized spacial score (nSPS) is 10.1. The number of hydrogen-bond donors (Lipinski definition) is 0. The summed E-state index contributed by atoms with van der Waals surface area (Å²) in [7, 11) is 0. The molecule has 0 heterocycles. The molecule has 0 atom stereocenters. The molecule has 0 bridgehead atoms. The number of hydrogen-bond acceptors (Lipinski definition) is 3. The van der Waals surface area contributed by atoms with Crippen molar-refractivity contribution in [3.8, 4) is 5.75 Å². The van der Waals surface area contributed by atoms with E-state index in [1.165, 1.54) is 0 Å². The number of benzene rings is 3. The quantitative estimate of drug-likeness (QED) is 0.415. The smallest absolute Gasteiger partial charge is 0.316 e. The number of carbonyl (C=O) groups is 1. The molecule has 0 aliphatic rings. The van der Waals surface area contributed by atoms with Gasteiger partial charge in [-0.2, -0.15) is 0 Å². The molecule has 0 aliphatic heterocycles. The fraction of sp³-hybridized carbons (Fsp3) is 0.0500. The fourth-order valence-corrected chi connectivity index (χ4v) is 2.48. The van der Waals surface area contributed by atoms with Crippen molar-refractivity contribution < 1.29 is 14.3 Å². The summed E-state index contributed by atoms with van der Waals surface area (Å²) in [6.07, 6.45) is -0.119. The Hall–Kier alpha value is -3.16. The number of carbonyl (C=O) groups excluding carboxylic acids is 2. The Morgan fingerprint density at radius 1 is 0.870 bits per heavy atom. The zero-order chi connectivity index (χ0) is 16.1. The third-order valence-electron chi connectivity index (χ3n) is 3.53. The minimum absolute atomic E-state index is 0.119. The molecule has 23 heavy (non-hydrogen) atoms. The first-order valence-corrected chi connectivity index (χ1v) is 7.26. The number of rotatable bonds is 4. The highest BCUT2D eigenvalue weighted by Crippen LogP contribution is 2.26. The minimum atomic E-state index is -0.484. The predicted molar refractivity (Wildman–Crippen MR) is 89.7 cm³/mol. The summed E-state index contributed by atoms with van der Waals surface area (Å²) in [4.78, 5) is 23.4. The molecule has 0 saturated carbocycles. The van der Waals surface area contributed by atoms with Crippen molar-refractivity contribution in [2.45, 2.75) is 6.42 Å². The number of fused-ring (bicyclic) bond motifs is 1. The molecule has 3 rings (SSSR count). The van der Waals surface area contributed by atoms with Crippen LogP contribution in [0, 0.1) is 0 Å². The van der Waals surface area contributed by atoms with E-state index in [-0.39, 0.29) is 6.42 Å². The predicted octanol–water partition coefficient (Wildman–Crippen LogP) is 4.05. The van der Waals surface area contributed by atoms with Gasteiger partial charge in [-0.3, -0.25) is 4.79 Å². The molecular formula is C20H14O3. The van der Waals surface area contributed by atoms with Crippen LogP contribution in [0.15, 0.2) is 72.8 Å². The Balaban J connectivity index is 1.85. The Bertz CT molecular complexity index is 886. The van der Waals surface area contributed by atoms with E-state index < -0.39 is 5.97 Å². The summed E-state index contributed by atoms with van der Waals surface area (Å²) >= 11 is 0. The second-order valence-electron chi connectivity index (χ2n) is 5.07. The molecular weight excluding hydrogens is 288 g/mol. The monoisotopic (exact) mass is 302 g/mol. The van der Waals surface area contributed by atoms with Crippen LogP contribution < -0.4 is 4.74 Å². The molecule has 3 nitrogen and oxygen atoms in total. The topological polar surface area (TPSA) is 43.4 Å². The third-order valence-corrected chi connectivity index (χ3v) is 3.53. The van der Waals surface area contributed by atoms with Gasteiger partial charge in [0.2, 0.25) is 0 Å². The van der Waals surface area contributed by atoms with Gasteiger partial charge in [0.1, 0.15) is 11.7 Å². The molecule has 3 aromatic carbocycles. The Kier molecular flexibility index (Phi) is 4.32. The van der Waals surface area contributed by atoms with E-state index in [1.54, 1.807) is 24.3 Å². The lowest BCUT2D eigenvalue weighted by Gasteiger charge is -2.08. The molecule has 0 amide bonds. The van der Waals surface area contributed by atoms with Crippen molar-refractivity contribution in [1.29, 1.82) is 0 Å². The zero-order valence-corrected chi connectivity index (χ0v) is 12.4. The van der Waals surface area contributed by atoms with Gasteiger partial charge in [-0.15, -0.1) is 0 Å². The third kappa shape index (κ3) is 3.37. The average molecular weight is 302 g/mol. The van der Waals surface area contributed by atoms with E-state index >= 15 is 0 Å². The molecule has 0 N–H and O–H groups in total. The van der Waals surface area contributed by atoms with Gasteiger partial charge in [0.25, 0.3) is 0 Å². The second-order valence-corrected chi connectivity index (χ2v) is 5.07. The molecule has 112 valence electrons. The van der Waals surface area contributed by atoms with E-state index in [9.17, 15) is 9.59 Å². The molecule has 0 aromatic heterocycles. The highest BCUT2D eigenvalue weighted by molar-refractivity contribution is 6.04. The molecule has 0 aliphatic carbocycles. The second kappa shape index (κ2) is 6.73. The average Bonchev–Trinajstić information content (AvgIpc) is 2.60. The Labute approximate surface area is 133 Å². The number of esters is 1.